The molecule has 0 bridgehead atoms. The minimum absolute atomic E-state index is 0.0694. The summed E-state index contributed by atoms with van der Waals surface area (Å²) >= 11 is 0. The van der Waals surface area contributed by atoms with Crippen LogP contribution in [0.1, 0.15) is 19.8 Å². The number of aliphatic hydroxyl groups excluding tert-OH is 1. The molecule has 2 heteroatoms. The molecular formula is C7H15NO. The van der Waals surface area contributed by atoms with Gasteiger partial charge in [-0.3, -0.25) is 0 Å². The molecule has 0 aromatic carbocycles. The zero-order valence-corrected chi connectivity index (χ0v) is 5.93. The topological polar surface area (TPSA) is 32.3 Å². The molecule has 2 N–H and O–H groups in total. The van der Waals surface area contributed by atoms with Crippen molar-refractivity contribution in [2.45, 2.75) is 25.9 Å². The zero-order chi connectivity index (χ0) is 6.69. The van der Waals surface area contributed by atoms with E-state index in [2.05, 4.69) is 12.2 Å². The number of aliphatic hydroxyl groups is 1. The van der Waals surface area contributed by atoms with Gasteiger partial charge in [-0.05, 0) is 31.8 Å². The van der Waals surface area contributed by atoms with Crippen LogP contribution in [0.5, 0.6) is 0 Å². The number of hydrogen-bond acceptors (Lipinski definition) is 2. The fourth-order valence-electron chi connectivity index (χ4n) is 1.18. The SMILES string of the molecule is C[C@@H]1CCNCC[C@H]1O. The maximum absolute atomic E-state index is 9.32. The Kier molecular flexibility index (Phi) is 2.49. The van der Waals surface area contributed by atoms with E-state index in [4.69, 9.17) is 0 Å². The maximum atomic E-state index is 9.32. The third-order valence-electron chi connectivity index (χ3n) is 2.05. The minimum atomic E-state index is -0.0694. The standard InChI is InChI=1S/C7H15NO/c1-6-2-4-8-5-3-7(6)9/h6-9H,2-5H2,1H3/t6-,7-/m1/s1. The van der Waals surface area contributed by atoms with Crippen LogP contribution in [0.2, 0.25) is 0 Å². The van der Waals surface area contributed by atoms with Crippen molar-refractivity contribution >= 4 is 0 Å². The van der Waals surface area contributed by atoms with Crippen LogP contribution in [0, 0.1) is 5.92 Å². The molecule has 1 aliphatic rings. The molecule has 1 rings (SSSR count). The van der Waals surface area contributed by atoms with E-state index in [-0.39, 0.29) is 6.10 Å². The lowest BCUT2D eigenvalue weighted by molar-refractivity contribution is 0.114. The summed E-state index contributed by atoms with van der Waals surface area (Å²) in [4.78, 5) is 0. The van der Waals surface area contributed by atoms with Crippen LogP contribution in [0.4, 0.5) is 0 Å². The van der Waals surface area contributed by atoms with Crippen molar-refractivity contribution in [2.75, 3.05) is 13.1 Å². The van der Waals surface area contributed by atoms with Crippen LogP contribution < -0.4 is 5.32 Å². The number of nitrogens with one attached hydrogen (secondary N) is 1. The van der Waals surface area contributed by atoms with Crippen molar-refractivity contribution in [1.29, 1.82) is 0 Å². The Morgan fingerprint density at radius 3 is 2.78 bits per heavy atom. The van der Waals surface area contributed by atoms with E-state index < -0.39 is 0 Å². The van der Waals surface area contributed by atoms with Gasteiger partial charge in [-0.15, -0.1) is 0 Å². The van der Waals surface area contributed by atoms with E-state index in [1.165, 1.54) is 0 Å². The molecule has 9 heavy (non-hydrogen) atoms. The molecule has 1 saturated heterocycles. The van der Waals surface area contributed by atoms with Gasteiger partial charge < -0.3 is 10.4 Å². The average Bonchev–Trinajstić information content (AvgIpc) is 1.99. The molecule has 0 amide bonds. The molecule has 2 atom stereocenters. The van der Waals surface area contributed by atoms with Gasteiger partial charge in [0.15, 0.2) is 0 Å². The molecule has 0 unspecified atom stereocenters. The van der Waals surface area contributed by atoms with Gasteiger partial charge in [-0.2, -0.15) is 0 Å². The summed E-state index contributed by atoms with van der Waals surface area (Å²) < 4.78 is 0. The van der Waals surface area contributed by atoms with Crippen molar-refractivity contribution in [1.82, 2.24) is 5.32 Å². The Hall–Kier alpha value is -0.0800. The summed E-state index contributed by atoms with van der Waals surface area (Å²) in [6, 6.07) is 0. The first-order valence-electron chi connectivity index (χ1n) is 3.69. The molecule has 0 aromatic heterocycles. The lowest BCUT2D eigenvalue weighted by Gasteiger charge is -2.12. The predicted molar refractivity (Wildman–Crippen MR) is 37.3 cm³/mol. The van der Waals surface area contributed by atoms with E-state index in [0.29, 0.717) is 5.92 Å². The predicted octanol–water partition coefficient (Wildman–Crippen LogP) is 0.367. The first kappa shape index (κ1) is 7.03. The summed E-state index contributed by atoms with van der Waals surface area (Å²) in [6.07, 6.45) is 1.96. The second kappa shape index (κ2) is 3.18. The van der Waals surface area contributed by atoms with E-state index in [9.17, 15) is 5.11 Å². The van der Waals surface area contributed by atoms with Crippen LogP contribution in [-0.2, 0) is 0 Å². The molecule has 1 fully saturated rings. The summed E-state index contributed by atoms with van der Waals surface area (Å²) in [6.45, 7) is 4.15. The fraction of sp³-hybridized carbons (Fsp3) is 1.00. The molecule has 1 aliphatic heterocycles. The fourth-order valence-corrected chi connectivity index (χ4v) is 1.18. The smallest absolute Gasteiger partial charge is 0.0578 e. The van der Waals surface area contributed by atoms with Gasteiger partial charge >= 0.3 is 0 Å². The highest BCUT2D eigenvalue weighted by molar-refractivity contribution is 4.70. The lowest BCUT2D eigenvalue weighted by atomic mass is 10.0. The van der Waals surface area contributed by atoms with Crippen LogP contribution in [0.3, 0.4) is 0 Å². The third kappa shape index (κ3) is 1.95. The van der Waals surface area contributed by atoms with Gasteiger partial charge in [0.05, 0.1) is 6.10 Å². The highest BCUT2D eigenvalue weighted by Gasteiger charge is 2.15. The number of hydrogen-bond donors (Lipinski definition) is 2. The summed E-state index contributed by atoms with van der Waals surface area (Å²) in [5.41, 5.74) is 0. The molecule has 0 radical (unpaired) electrons. The Balaban J connectivity index is 2.32. The average molecular weight is 129 g/mol. The largest absolute Gasteiger partial charge is 0.393 e. The van der Waals surface area contributed by atoms with E-state index >= 15 is 0 Å². The van der Waals surface area contributed by atoms with Crippen molar-refractivity contribution < 1.29 is 5.11 Å². The lowest BCUT2D eigenvalue weighted by Crippen LogP contribution is -2.16. The van der Waals surface area contributed by atoms with E-state index in [1.54, 1.807) is 0 Å². The van der Waals surface area contributed by atoms with Crippen molar-refractivity contribution in [3.8, 4) is 0 Å². The Bertz CT molecular complexity index is 75.0. The molecule has 54 valence electrons. The van der Waals surface area contributed by atoms with Crippen LogP contribution in [0.25, 0.3) is 0 Å². The molecular weight excluding hydrogens is 114 g/mol. The van der Waals surface area contributed by atoms with Crippen LogP contribution >= 0.6 is 0 Å². The monoisotopic (exact) mass is 129 g/mol. The first-order chi connectivity index (χ1) is 4.30. The highest BCUT2D eigenvalue weighted by Crippen LogP contribution is 2.12. The molecule has 2 nitrogen and oxygen atoms in total. The Morgan fingerprint density at radius 2 is 2.00 bits per heavy atom. The zero-order valence-electron chi connectivity index (χ0n) is 5.93. The third-order valence-corrected chi connectivity index (χ3v) is 2.05. The molecule has 0 aromatic rings. The Labute approximate surface area is 56.3 Å². The van der Waals surface area contributed by atoms with E-state index in [1.807, 2.05) is 0 Å². The molecule has 0 spiro atoms. The highest BCUT2D eigenvalue weighted by atomic mass is 16.3. The molecule has 0 saturated carbocycles. The molecule has 1 heterocycles. The van der Waals surface area contributed by atoms with Crippen LogP contribution in [-0.4, -0.2) is 24.3 Å². The summed E-state index contributed by atoms with van der Waals surface area (Å²) in [5, 5.41) is 12.6. The first-order valence-corrected chi connectivity index (χ1v) is 3.69. The maximum Gasteiger partial charge on any atom is 0.0578 e. The van der Waals surface area contributed by atoms with Gasteiger partial charge in [0.1, 0.15) is 0 Å². The second-order valence-electron chi connectivity index (χ2n) is 2.87. The summed E-state index contributed by atoms with van der Waals surface area (Å²) in [5.74, 6) is 0.486. The number of rotatable bonds is 0. The quantitative estimate of drug-likeness (QED) is 0.495. The molecule has 0 aliphatic carbocycles. The van der Waals surface area contributed by atoms with Gasteiger partial charge in [0.25, 0.3) is 0 Å². The van der Waals surface area contributed by atoms with Crippen molar-refractivity contribution in [3.63, 3.8) is 0 Å². The van der Waals surface area contributed by atoms with Gasteiger partial charge in [-0.1, -0.05) is 6.92 Å². The minimum Gasteiger partial charge on any atom is -0.393 e. The van der Waals surface area contributed by atoms with Gasteiger partial charge in [-0.25, -0.2) is 0 Å². The van der Waals surface area contributed by atoms with Gasteiger partial charge in [0.2, 0.25) is 0 Å². The summed E-state index contributed by atoms with van der Waals surface area (Å²) in [7, 11) is 0. The van der Waals surface area contributed by atoms with Gasteiger partial charge in [0, 0.05) is 0 Å². The normalized spacial score (nSPS) is 38.0. The second-order valence-corrected chi connectivity index (χ2v) is 2.87. The van der Waals surface area contributed by atoms with Crippen LogP contribution in [0.15, 0.2) is 0 Å². The van der Waals surface area contributed by atoms with Crippen molar-refractivity contribution in [2.24, 2.45) is 5.92 Å². The van der Waals surface area contributed by atoms with Crippen molar-refractivity contribution in [3.05, 3.63) is 0 Å². The Morgan fingerprint density at radius 1 is 1.33 bits per heavy atom. The van der Waals surface area contributed by atoms with E-state index in [0.717, 1.165) is 25.9 Å².